The van der Waals surface area contributed by atoms with E-state index in [9.17, 15) is 0 Å². The summed E-state index contributed by atoms with van der Waals surface area (Å²) in [6.07, 6.45) is 4.07. The Labute approximate surface area is 170 Å². The number of ether oxygens (including phenoxy) is 1. The fourth-order valence-electron chi connectivity index (χ4n) is 3.63. The van der Waals surface area contributed by atoms with Crippen molar-refractivity contribution in [3.8, 4) is 17.0 Å². The molecule has 0 amide bonds. The molecular weight excluding hydrogens is 368 g/mol. The fourth-order valence-corrected chi connectivity index (χ4v) is 4.62. The van der Waals surface area contributed by atoms with Crippen LogP contribution in [0.4, 0.5) is 5.82 Å². The molecule has 1 aliphatic rings. The van der Waals surface area contributed by atoms with Gasteiger partial charge < -0.3 is 9.64 Å². The zero-order valence-electron chi connectivity index (χ0n) is 16.6. The lowest BCUT2D eigenvalue weighted by atomic mass is 9.97. The number of hydrogen-bond acceptors (Lipinski definition) is 6. The molecule has 0 unspecified atom stereocenters. The van der Waals surface area contributed by atoms with E-state index in [0.717, 1.165) is 54.6 Å². The van der Waals surface area contributed by atoms with Gasteiger partial charge in [-0.15, -0.1) is 11.3 Å². The maximum Gasteiger partial charge on any atom is 0.133 e. The first-order valence-corrected chi connectivity index (χ1v) is 10.7. The number of anilines is 1. The smallest absolute Gasteiger partial charge is 0.133 e. The first-order chi connectivity index (χ1) is 13.7. The van der Waals surface area contributed by atoms with Crippen molar-refractivity contribution in [2.75, 3.05) is 25.1 Å². The lowest BCUT2D eigenvalue weighted by Crippen LogP contribution is -2.33. The minimum atomic E-state index is 0.348. The topological polar surface area (TPSA) is 51.1 Å². The molecule has 6 heteroatoms. The van der Waals surface area contributed by atoms with Crippen LogP contribution in [0.2, 0.25) is 0 Å². The maximum atomic E-state index is 5.49. The van der Waals surface area contributed by atoms with Crippen LogP contribution >= 0.6 is 11.3 Å². The van der Waals surface area contributed by atoms with Gasteiger partial charge >= 0.3 is 0 Å². The predicted octanol–water partition coefficient (Wildman–Crippen LogP) is 5.12. The van der Waals surface area contributed by atoms with E-state index < -0.39 is 0 Å². The first kappa shape index (κ1) is 18.9. The molecule has 0 atom stereocenters. The molecule has 0 radical (unpaired) electrons. The van der Waals surface area contributed by atoms with Gasteiger partial charge in [-0.2, -0.15) is 0 Å². The Morgan fingerprint density at radius 1 is 1.11 bits per heavy atom. The third-order valence-corrected chi connectivity index (χ3v) is 6.26. The highest BCUT2D eigenvalue weighted by Gasteiger charge is 2.24. The average molecular weight is 395 g/mol. The van der Waals surface area contributed by atoms with Crippen LogP contribution in [0.25, 0.3) is 11.3 Å². The van der Waals surface area contributed by atoms with Gasteiger partial charge in [-0.1, -0.05) is 26.0 Å². The minimum absolute atomic E-state index is 0.348. The molecule has 1 aliphatic heterocycles. The van der Waals surface area contributed by atoms with E-state index in [2.05, 4.69) is 35.2 Å². The second kappa shape index (κ2) is 8.27. The molecule has 3 aromatic rings. The summed E-state index contributed by atoms with van der Waals surface area (Å²) < 4.78 is 5.49. The van der Waals surface area contributed by atoms with Gasteiger partial charge in [-0.3, -0.25) is 0 Å². The SMILES string of the molecule is COc1ccccc1-c1csc(C2CCN(c3ccnc(C(C)C)n3)CC2)n1. The number of methoxy groups -OCH3 is 1. The Hall–Kier alpha value is -2.47. The number of rotatable bonds is 5. The van der Waals surface area contributed by atoms with E-state index in [-0.39, 0.29) is 0 Å². The van der Waals surface area contributed by atoms with Crippen LogP contribution < -0.4 is 9.64 Å². The molecule has 3 heterocycles. The van der Waals surface area contributed by atoms with E-state index in [1.165, 1.54) is 5.01 Å². The van der Waals surface area contributed by atoms with Crippen LogP contribution in [-0.4, -0.2) is 35.2 Å². The van der Waals surface area contributed by atoms with Gasteiger partial charge in [0.2, 0.25) is 0 Å². The molecule has 1 saturated heterocycles. The van der Waals surface area contributed by atoms with Crippen molar-refractivity contribution >= 4 is 17.2 Å². The summed E-state index contributed by atoms with van der Waals surface area (Å²) in [5.41, 5.74) is 2.07. The van der Waals surface area contributed by atoms with Crippen molar-refractivity contribution in [1.29, 1.82) is 0 Å². The second-order valence-electron chi connectivity index (χ2n) is 7.46. The van der Waals surface area contributed by atoms with Gasteiger partial charge in [0.1, 0.15) is 17.4 Å². The van der Waals surface area contributed by atoms with Crippen molar-refractivity contribution in [2.24, 2.45) is 0 Å². The highest BCUT2D eigenvalue weighted by atomic mass is 32.1. The van der Waals surface area contributed by atoms with E-state index >= 15 is 0 Å². The van der Waals surface area contributed by atoms with E-state index in [1.807, 2.05) is 30.5 Å². The van der Waals surface area contributed by atoms with Crippen molar-refractivity contribution < 1.29 is 4.74 Å². The Balaban J connectivity index is 1.45. The van der Waals surface area contributed by atoms with Crippen molar-refractivity contribution in [2.45, 2.75) is 38.5 Å². The lowest BCUT2D eigenvalue weighted by molar-refractivity contribution is 0.416. The molecular formula is C22H26N4OS. The molecule has 0 spiro atoms. The first-order valence-electron chi connectivity index (χ1n) is 9.82. The zero-order chi connectivity index (χ0) is 19.5. The lowest BCUT2D eigenvalue weighted by Gasteiger charge is -2.32. The van der Waals surface area contributed by atoms with Gasteiger partial charge in [0.25, 0.3) is 0 Å². The molecule has 1 aromatic carbocycles. The van der Waals surface area contributed by atoms with Crippen LogP contribution in [0.15, 0.2) is 41.9 Å². The number of benzene rings is 1. The summed E-state index contributed by atoms with van der Waals surface area (Å²) in [5, 5.41) is 3.38. The normalized spacial score (nSPS) is 15.2. The molecule has 4 rings (SSSR count). The molecule has 0 aliphatic carbocycles. The maximum absolute atomic E-state index is 5.49. The number of para-hydroxylation sites is 1. The van der Waals surface area contributed by atoms with Crippen molar-refractivity contribution in [1.82, 2.24) is 15.0 Å². The quantitative estimate of drug-likeness (QED) is 0.601. The summed E-state index contributed by atoms with van der Waals surface area (Å²) in [4.78, 5) is 16.4. The van der Waals surface area contributed by atoms with E-state index in [1.54, 1.807) is 18.4 Å². The molecule has 0 saturated carbocycles. The summed E-state index contributed by atoms with van der Waals surface area (Å²) in [5.74, 6) is 3.70. The molecule has 0 bridgehead atoms. The van der Waals surface area contributed by atoms with Crippen LogP contribution in [-0.2, 0) is 0 Å². The van der Waals surface area contributed by atoms with Crippen LogP contribution in [0, 0.1) is 0 Å². The van der Waals surface area contributed by atoms with E-state index in [4.69, 9.17) is 14.7 Å². The molecule has 28 heavy (non-hydrogen) atoms. The number of nitrogens with zero attached hydrogens (tertiary/aromatic N) is 4. The highest BCUT2D eigenvalue weighted by Crippen LogP contribution is 2.36. The van der Waals surface area contributed by atoms with Crippen LogP contribution in [0.3, 0.4) is 0 Å². The van der Waals surface area contributed by atoms with E-state index in [0.29, 0.717) is 11.8 Å². The standard InChI is InChI=1S/C22H26N4OS/c1-15(2)21-23-11-8-20(25-21)26-12-9-16(10-13-26)22-24-18(14-28-22)17-6-4-5-7-19(17)27-3/h4-8,11,14-16H,9-10,12-13H2,1-3H3. The zero-order valence-corrected chi connectivity index (χ0v) is 17.4. The van der Waals surface area contributed by atoms with Gasteiger partial charge in [0.15, 0.2) is 0 Å². The summed E-state index contributed by atoms with van der Waals surface area (Å²) in [6.45, 7) is 6.27. The van der Waals surface area contributed by atoms with Crippen molar-refractivity contribution in [3.63, 3.8) is 0 Å². The van der Waals surface area contributed by atoms with Gasteiger partial charge in [0.05, 0.1) is 17.8 Å². The second-order valence-corrected chi connectivity index (χ2v) is 8.35. The van der Waals surface area contributed by atoms with Crippen LogP contribution in [0.5, 0.6) is 5.75 Å². The highest BCUT2D eigenvalue weighted by molar-refractivity contribution is 7.10. The third kappa shape index (κ3) is 3.87. The molecule has 2 aromatic heterocycles. The number of aromatic nitrogens is 3. The Morgan fingerprint density at radius 3 is 2.64 bits per heavy atom. The Bertz CT molecular complexity index is 932. The summed E-state index contributed by atoms with van der Waals surface area (Å²) in [6, 6.07) is 10.1. The number of piperidine rings is 1. The molecule has 5 nitrogen and oxygen atoms in total. The third-order valence-electron chi connectivity index (χ3n) is 5.25. The van der Waals surface area contributed by atoms with Crippen LogP contribution in [0.1, 0.15) is 49.4 Å². The number of hydrogen-bond donors (Lipinski definition) is 0. The average Bonchev–Trinajstić information content (AvgIpc) is 3.24. The monoisotopic (exact) mass is 394 g/mol. The predicted molar refractivity (Wildman–Crippen MR) is 114 cm³/mol. The molecule has 0 N–H and O–H groups in total. The summed E-state index contributed by atoms with van der Waals surface area (Å²) in [7, 11) is 1.71. The largest absolute Gasteiger partial charge is 0.496 e. The van der Waals surface area contributed by atoms with Gasteiger partial charge in [-0.25, -0.2) is 15.0 Å². The Kier molecular flexibility index (Phi) is 5.57. The van der Waals surface area contributed by atoms with Gasteiger partial charge in [-0.05, 0) is 31.0 Å². The fraction of sp³-hybridized carbons (Fsp3) is 0.409. The minimum Gasteiger partial charge on any atom is -0.496 e. The number of thiazole rings is 1. The summed E-state index contributed by atoms with van der Waals surface area (Å²) >= 11 is 1.76. The molecule has 146 valence electrons. The Morgan fingerprint density at radius 2 is 1.89 bits per heavy atom. The van der Waals surface area contributed by atoms with Crippen molar-refractivity contribution in [3.05, 3.63) is 52.7 Å². The van der Waals surface area contributed by atoms with Gasteiger partial charge in [0, 0.05) is 42.1 Å². The molecule has 1 fully saturated rings.